The average molecular weight is 299 g/mol. The summed E-state index contributed by atoms with van der Waals surface area (Å²) in [7, 11) is 1.63. The first-order chi connectivity index (χ1) is 10.6. The van der Waals surface area contributed by atoms with Gasteiger partial charge in [0.05, 0.1) is 19.8 Å². The fraction of sp³-hybridized carbons (Fsp3) is 0.278. The van der Waals surface area contributed by atoms with Crippen molar-refractivity contribution in [3.63, 3.8) is 0 Å². The molecule has 0 aliphatic heterocycles. The number of nitrogens with one attached hydrogen (secondary N) is 1. The first-order valence-electron chi connectivity index (χ1n) is 7.31. The molecule has 4 heteroatoms. The number of amides is 1. The number of hydrogen-bond acceptors (Lipinski definition) is 3. The lowest BCUT2D eigenvalue weighted by Crippen LogP contribution is -2.26. The Balaban J connectivity index is 2.03. The molecule has 2 rings (SSSR count). The number of rotatable bonds is 6. The second kappa shape index (κ2) is 7.50. The van der Waals surface area contributed by atoms with Gasteiger partial charge in [0.25, 0.3) is 5.91 Å². The average Bonchev–Trinajstić information content (AvgIpc) is 2.55. The van der Waals surface area contributed by atoms with E-state index in [-0.39, 0.29) is 11.9 Å². The Labute approximate surface area is 131 Å². The minimum absolute atomic E-state index is 0.103. The van der Waals surface area contributed by atoms with Gasteiger partial charge in [0.2, 0.25) is 0 Å². The predicted molar refractivity (Wildman–Crippen MR) is 86.5 cm³/mol. The van der Waals surface area contributed by atoms with Crippen LogP contribution in [0.5, 0.6) is 11.5 Å². The highest BCUT2D eigenvalue weighted by Crippen LogP contribution is 2.19. The maximum atomic E-state index is 12.3. The lowest BCUT2D eigenvalue weighted by Gasteiger charge is -2.15. The van der Waals surface area contributed by atoms with Gasteiger partial charge in [0.1, 0.15) is 11.5 Å². The van der Waals surface area contributed by atoms with E-state index in [2.05, 4.69) is 5.32 Å². The Morgan fingerprint density at radius 3 is 2.50 bits per heavy atom. The molecule has 0 fully saturated rings. The minimum Gasteiger partial charge on any atom is -0.497 e. The monoisotopic (exact) mass is 299 g/mol. The molecule has 1 unspecified atom stereocenters. The molecule has 0 radical (unpaired) electrons. The standard InChI is InChI=1S/C18H21NO3/c1-4-22-16-10-8-14(9-11-16)18(20)19-13(2)15-6-5-7-17(12-15)21-3/h5-13H,4H2,1-3H3,(H,19,20). The highest BCUT2D eigenvalue weighted by atomic mass is 16.5. The highest BCUT2D eigenvalue weighted by Gasteiger charge is 2.12. The molecule has 4 nitrogen and oxygen atoms in total. The van der Waals surface area contributed by atoms with Crippen molar-refractivity contribution in [2.24, 2.45) is 0 Å². The maximum Gasteiger partial charge on any atom is 0.251 e. The van der Waals surface area contributed by atoms with E-state index in [0.29, 0.717) is 12.2 Å². The van der Waals surface area contributed by atoms with Gasteiger partial charge in [-0.2, -0.15) is 0 Å². The Hall–Kier alpha value is -2.49. The summed E-state index contributed by atoms with van der Waals surface area (Å²) in [5.41, 5.74) is 1.61. The van der Waals surface area contributed by atoms with Crippen molar-refractivity contribution in [2.75, 3.05) is 13.7 Å². The van der Waals surface area contributed by atoms with Gasteiger partial charge in [0, 0.05) is 5.56 Å². The second-order valence-corrected chi connectivity index (χ2v) is 4.93. The number of ether oxygens (including phenoxy) is 2. The van der Waals surface area contributed by atoms with E-state index in [1.165, 1.54) is 0 Å². The van der Waals surface area contributed by atoms with E-state index in [1.807, 2.05) is 38.1 Å². The highest BCUT2D eigenvalue weighted by molar-refractivity contribution is 5.94. The third-order valence-electron chi connectivity index (χ3n) is 3.37. The van der Waals surface area contributed by atoms with Gasteiger partial charge >= 0.3 is 0 Å². The zero-order chi connectivity index (χ0) is 15.9. The molecular formula is C18H21NO3. The van der Waals surface area contributed by atoms with Crippen molar-refractivity contribution in [1.82, 2.24) is 5.32 Å². The number of hydrogen-bond donors (Lipinski definition) is 1. The van der Waals surface area contributed by atoms with Crippen LogP contribution in [-0.4, -0.2) is 19.6 Å². The molecule has 0 aliphatic carbocycles. The van der Waals surface area contributed by atoms with Gasteiger partial charge in [-0.25, -0.2) is 0 Å². The maximum absolute atomic E-state index is 12.3. The summed E-state index contributed by atoms with van der Waals surface area (Å²) in [5.74, 6) is 1.43. The third-order valence-corrected chi connectivity index (χ3v) is 3.37. The van der Waals surface area contributed by atoms with Gasteiger partial charge in [-0.1, -0.05) is 12.1 Å². The summed E-state index contributed by atoms with van der Waals surface area (Å²) in [5, 5.41) is 2.98. The first-order valence-corrected chi connectivity index (χ1v) is 7.31. The van der Waals surface area contributed by atoms with Crippen LogP contribution in [-0.2, 0) is 0 Å². The molecule has 1 atom stereocenters. The van der Waals surface area contributed by atoms with Crippen molar-refractivity contribution in [3.8, 4) is 11.5 Å². The topological polar surface area (TPSA) is 47.6 Å². The Morgan fingerprint density at radius 1 is 1.14 bits per heavy atom. The zero-order valence-electron chi connectivity index (χ0n) is 13.1. The smallest absolute Gasteiger partial charge is 0.251 e. The number of benzene rings is 2. The fourth-order valence-electron chi connectivity index (χ4n) is 2.14. The molecule has 116 valence electrons. The lowest BCUT2D eigenvalue weighted by atomic mass is 10.1. The SMILES string of the molecule is CCOc1ccc(C(=O)NC(C)c2cccc(OC)c2)cc1. The molecule has 2 aromatic carbocycles. The molecule has 1 N–H and O–H groups in total. The summed E-state index contributed by atoms with van der Waals surface area (Å²) in [4.78, 5) is 12.3. The number of carbonyl (C=O) groups excluding carboxylic acids is 1. The van der Waals surface area contributed by atoms with E-state index >= 15 is 0 Å². The molecule has 0 aromatic heterocycles. The van der Waals surface area contributed by atoms with Crippen LogP contribution in [0, 0.1) is 0 Å². The van der Waals surface area contributed by atoms with Gasteiger partial charge in [-0.05, 0) is 55.8 Å². The Kier molecular flexibility index (Phi) is 5.42. The molecule has 2 aromatic rings. The Bertz CT molecular complexity index is 622. The van der Waals surface area contributed by atoms with E-state index in [4.69, 9.17) is 9.47 Å². The lowest BCUT2D eigenvalue weighted by molar-refractivity contribution is 0.0940. The van der Waals surface area contributed by atoms with Crippen LogP contribution >= 0.6 is 0 Å². The molecule has 0 spiro atoms. The van der Waals surface area contributed by atoms with E-state index < -0.39 is 0 Å². The van der Waals surface area contributed by atoms with Crippen molar-refractivity contribution in [3.05, 3.63) is 59.7 Å². The van der Waals surface area contributed by atoms with Gasteiger partial charge < -0.3 is 14.8 Å². The van der Waals surface area contributed by atoms with Gasteiger partial charge in [-0.15, -0.1) is 0 Å². The van der Waals surface area contributed by atoms with Gasteiger partial charge in [0.15, 0.2) is 0 Å². The van der Waals surface area contributed by atoms with Crippen LogP contribution < -0.4 is 14.8 Å². The fourth-order valence-corrected chi connectivity index (χ4v) is 2.14. The van der Waals surface area contributed by atoms with E-state index in [9.17, 15) is 4.79 Å². The molecular weight excluding hydrogens is 278 g/mol. The summed E-state index contributed by atoms with van der Waals surface area (Å²) in [6, 6.07) is 14.7. The summed E-state index contributed by atoms with van der Waals surface area (Å²) < 4.78 is 10.6. The zero-order valence-corrected chi connectivity index (χ0v) is 13.1. The second-order valence-electron chi connectivity index (χ2n) is 4.93. The van der Waals surface area contributed by atoms with Gasteiger partial charge in [-0.3, -0.25) is 4.79 Å². The normalized spacial score (nSPS) is 11.6. The van der Waals surface area contributed by atoms with Crippen LogP contribution in [0.2, 0.25) is 0 Å². The van der Waals surface area contributed by atoms with Crippen molar-refractivity contribution >= 4 is 5.91 Å². The molecule has 0 heterocycles. The van der Waals surface area contributed by atoms with Crippen molar-refractivity contribution < 1.29 is 14.3 Å². The molecule has 1 amide bonds. The molecule has 0 saturated heterocycles. The molecule has 0 bridgehead atoms. The molecule has 0 aliphatic rings. The summed E-state index contributed by atoms with van der Waals surface area (Å²) >= 11 is 0. The summed E-state index contributed by atoms with van der Waals surface area (Å²) in [6.07, 6.45) is 0. The van der Waals surface area contributed by atoms with Crippen molar-refractivity contribution in [1.29, 1.82) is 0 Å². The number of methoxy groups -OCH3 is 1. The third kappa shape index (κ3) is 4.01. The molecule has 22 heavy (non-hydrogen) atoms. The first kappa shape index (κ1) is 15.9. The van der Waals surface area contributed by atoms with Crippen LogP contribution in [0.1, 0.15) is 35.8 Å². The molecule has 0 saturated carbocycles. The largest absolute Gasteiger partial charge is 0.497 e. The van der Waals surface area contributed by atoms with Crippen LogP contribution in [0.25, 0.3) is 0 Å². The quantitative estimate of drug-likeness (QED) is 0.887. The summed E-state index contributed by atoms with van der Waals surface area (Å²) in [6.45, 7) is 4.48. The predicted octanol–water partition coefficient (Wildman–Crippen LogP) is 3.58. The van der Waals surface area contributed by atoms with E-state index in [1.54, 1.807) is 31.4 Å². The van der Waals surface area contributed by atoms with Crippen LogP contribution in [0.15, 0.2) is 48.5 Å². The number of carbonyl (C=O) groups is 1. The van der Waals surface area contributed by atoms with Crippen LogP contribution in [0.4, 0.5) is 0 Å². The van der Waals surface area contributed by atoms with Crippen molar-refractivity contribution in [2.45, 2.75) is 19.9 Å². The minimum atomic E-state index is -0.113. The van der Waals surface area contributed by atoms with E-state index in [0.717, 1.165) is 17.1 Å². The Morgan fingerprint density at radius 2 is 1.86 bits per heavy atom. The van der Waals surface area contributed by atoms with Crippen LogP contribution in [0.3, 0.4) is 0 Å².